The van der Waals surface area contributed by atoms with Gasteiger partial charge in [-0.3, -0.25) is 0 Å². The Kier molecular flexibility index (Phi) is 4.96. The Labute approximate surface area is 137 Å². The van der Waals surface area contributed by atoms with Crippen LogP contribution < -0.4 is 5.19 Å². The van der Waals surface area contributed by atoms with Gasteiger partial charge in [0.05, 0.1) is 8.07 Å². The van der Waals surface area contributed by atoms with Gasteiger partial charge < -0.3 is 0 Å². The summed E-state index contributed by atoms with van der Waals surface area (Å²) in [5.41, 5.74) is 5.76. The maximum Gasteiger partial charge on any atom is 0.0775 e. The first kappa shape index (κ1) is 17.0. The minimum absolute atomic E-state index is 0.547. The predicted octanol–water partition coefficient (Wildman–Crippen LogP) is 6.15. The van der Waals surface area contributed by atoms with Gasteiger partial charge in [0, 0.05) is 0 Å². The lowest BCUT2D eigenvalue weighted by Gasteiger charge is -2.21. The van der Waals surface area contributed by atoms with Crippen molar-refractivity contribution in [3.05, 3.63) is 53.6 Å². The van der Waals surface area contributed by atoms with Crippen LogP contribution in [0.3, 0.4) is 0 Å². The summed E-state index contributed by atoms with van der Waals surface area (Å²) in [6.07, 6.45) is 0. The zero-order valence-corrected chi connectivity index (χ0v) is 16.2. The van der Waals surface area contributed by atoms with Crippen molar-refractivity contribution in [2.75, 3.05) is 0 Å². The van der Waals surface area contributed by atoms with E-state index in [0.29, 0.717) is 11.8 Å². The van der Waals surface area contributed by atoms with Gasteiger partial charge in [0.2, 0.25) is 0 Å². The Morgan fingerprint density at radius 3 is 1.77 bits per heavy atom. The number of hydrogen-bond donors (Lipinski definition) is 0. The average molecular weight is 311 g/mol. The Morgan fingerprint density at radius 2 is 1.32 bits per heavy atom. The fourth-order valence-electron chi connectivity index (χ4n) is 3.13. The second-order valence-corrected chi connectivity index (χ2v) is 13.0. The summed E-state index contributed by atoms with van der Waals surface area (Å²) in [5, 5.41) is 1.53. The number of hydrogen-bond acceptors (Lipinski definition) is 0. The molecule has 0 spiro atoms. The van der Waals surface area contributed by atoms with Crippen LogP contribution in [0, 0.1) is 0 Å². The summed E-state index contributed by atoms with van der Waals surface area (Å²) in [5.74, 6) is 1.11. The third-order valence-corrected chi connectivity index (χ3v) is 6.47. The highest BCUT2D eigenvalue weighted by atomic mass is 28.3. The van der Waals surface area contributed by atoms with E-state index in [-0.39, 0.29) is 0 Å². The molecule has 0 aliphatic rings. The Morgan fingerprint density at radius 1 is 0.727 bits per heavy atom. The largest absolute Gasteiger partial charge is 0.0775 e. The Balaban J connectivity index is 2.55. The van der Waals surface area contributed by atoms with Crippen LogP contribution in [-0.2, 0) is 0 Å². The van der Waals surface area contributed by atoms with Gasteiger partial charge in [0.15, 0.2) is 0 Å². The molecule has 0 aliphatic carbocycles. The van der Waals surface area contributed by atoms with Crippen molar-refractivity contribution in [3.8, 4) is 11.1 Å². The van der Waals surface area contributed by atoms with Crippen molar-refractivity contribution in [2.24, 2.45) is 0 Å². The minimum Gasteiger partial charge on any atom is -0.0656 e. The molecule has 0 atom stereocenters. The monoisotopic (exact) mass is 310 g/mol. The van der Waals surface area contributed by atoms with Gasteiger partial charge in [-0.2, -0.15) is 0 Å². The van der Waals surface area contributed by atoms with E-state index >= 15 is 0 Å². The molecule has 0 nitrogen and oxygen atoms in total. The maximum atomic E-state index is 2.40. The van der Waals surface area contributed by atoms with Gasteiger partial charge in [-0.1, -0.05) is 95.0 Å². The number of rotatable bonds is 4. The second kappa shape index (κ2) is 6.42. The lowest BCUT2D eigenvalue weighted by Crippen LogP contribution is -2.37. The molecule has 0 fully saturated rings. The van der Waals surface area contributed by atoms with E-state index in [2.05, 4.69) is 89.8 Å². The van der Waals surface area contributed by atoms with Crippen molar-refractivity contribution < 1.29 is 0 Å². The van der Waals surface area contributed by atoms with Crippen molar-refractivity contribution in [1.82, 2.24) is 0 Å². The molecule has 0 radical (unpaired) electrons. The van der Waals surface area contributed by atoms with Gasteiger partial charge in [-0.25, -0.2) is 0 Å². The quantitative estimate of drug-likeness (QED) is 0.594. The van der Waals surface area contributed by atoms with Crippen molar-refractivity contribution in [3.63, 3.8) is 0 Å². The second-order valence-electron chi connectivity index (χ2n) is 7.95. The van der Waals surface area contributed by atoms with Gasteiger partial charge in [-0.05, 0) is 34.1 Å². The minimum atomic E-state index is -1.22. The standard InChI is InChI=1S/C21H30Si/c1-15(2)19-9-8-10-20(21(19)16(3)4)17-11-13-18(14-12-17)22(5,6)7/h8-16H,1-7H3. The Bertz CT molecular complexity index is 628. The summed E-state index contributed by atoms with van der Waals surface area (Å²) in [4.78, 5) is 0. The molecule has 0 heterocycles. The van der Waals surface area contributed by atoms with Gasteiger partial charge >= 0.3 is 0 Å². The molecule has 118 valence electrons. The van der Waals surface area contributed by atoms with Crippen LogP contribution in [0.25, 0.3) is 11.1 Å². The first-order valence-electron chi connectivity index (χ1n) is 8.45. The van der Waals surface area contributed by atoms with Crippen LogP contribution in [0.4, 0.5) is 0 Å². The van der Waals surface area contributed by atoms with Crippen LogP contribution in [0.1, 0.15) is 50.7 Å². The van der Waals surface area contributed by atoms with Gasteiger partial charge in [0.25, 0.3) is 0 Å². The van der Waals surface area contributed by atoms with Crippen LogP contribution in [0.5, 0.6) is 0 Å². The van der Waals surface area contributed by atoms with E-state index in [9.17, 15) is 0 Å². The summed E-state index contributed by atoms with van der Waals surface area (Å²) in [7, 11) is -1.22. The first-order chi connectivity index (χ1) is 10.2. The molecule has 0 aliphatic heterocycles. The molecule has 2 aromatic carbocycles. The maximum absolute atomic E-state index is 2.40. The highest BCUT2D eigenvalue weighted by Gasteiger charge is 2.18. The zero-order chi connectivity index (χ0) is 16.5. The summed E-state index contributed by atoms with van der Waals surface area (Å²) in [6, 6.07) is 16.1. The average Bonchev–Trinajstić information content (AvgIpc) is 2.45. The third-order valence-electron chi connectivity index (χ3n) is 4.40. The molecule has 0 saturated carbocycles. The summed E-state index contributed by atoms with van der Waals surface area (Å²) in [6.45, 7) is 16.4. The third kappa shape index (κ3) is 3.52. The molecule has 22 heavy (non-hydrogen) atoms. The highest BCUT2D eigenvalue weighted by Crippen LogP contribution is 2.35. The number of benzene rings is 2. The van der Waals surface area contributed by atoms with E-state index in [0.717, 1.165) is 0 Å². The van der Waals surface area contributed by atoms with Crippen molar-refractivity contribution >= 4 is 13.3 Å². The van der Waals surface area contributed by atoms with E-state index in [1.807, 2.05) is 0 Å². The van der Waals surface area contributed by atoms with Crippen LogP contribution in [0.2, 0.25) is 19.6 Å². The Hall–Kier alpha value is -1.34. The fraction of sp³-hybridized carbons (Fsp3) is 0.429. The SMILES string of the molecule is CC(C)c1cccc(-c2ccc([Si](C)(C)C)cc2)c1C(C)C. The van der Waals surface area contributed by atoms with Gasteiger partial charge in [0.1, 0.15) is 0 Å². The van der Waals surface area contributed by atoms with Gasteiger partial charge in [-0.15, -0.1) is 0 Å². The highest BCUT2D eigenvalue weighted by molar-refractivity contribution is 6.88. The van der Waals surface area contributed by atoms with E-state index in [1.54, 1.807) is 0 Å². The molecule has 0 unspecified atom stereocenters. The first-order valence-corrected chi connectivity index (χ1v) is 12.0. The lowest BCUT2D eigenvalue weighted by molar-refractivity contribution is 0.792. The van der Waals surface area contributed by atoms with Crippen LogP contribution in [-0.4, -0.2) is 8.07 Å². The lowest BCUT2D eigenvalue weighted by atomic mass is 9.84. The molecule has 0 saturated heterocycles. The van der Waals surface area contributed by atoms with Crippen molar-refractivity contribution in [1.29, 1.82) is 0 Å². The summed E-state index contributed by atoms with van der Waals surface area (Å²) >= 11 is 0. The predicted molar refractivity (Wildman–Crippen MR) is 103 cm³/mol. The fourth-order valence-corrected chi connectivity index (χ4v) is 4.30. The molecule has 2 aromatic rings. The molecule has 0 N–H and O–H groups in total. The van der Waals surface area contributed by atoms with E-state index in [1.165, 1.54) is 27.4 Å². The molecule has 1 heteroatoms. The van der Waals surface area contributed by atoms with Crippen LogP contribution in [0.15, 0.2) is 42.5 Å². The van der Waals surface area contributed by atoms with Crippen LogP contribution >= 0.6 is 0 Å². The molecular weight excluding hydrogens is 280 g/mol. The smallest absolute Gasteiger partial charge is 0.0656 e. The molecule has 0 aromatic heterocycles. The van der Waals surface area contributed by atoms with E-state index in [4.69, 9.17) is 0 Å². The molecule has 0 bridgehead atoms. The topological polar surface area (TPSA) is 0 Å². The summed E-state index contributed by atoms with van der Waals surface area (Å²) < 4.78 is 0. The van der Waals surface area contributed by atoms with Crippen molar-refractivity contribution in [2.45, 2.75) is 59.2 Å². The molecule has 0 amide bonds. The molecule has 2 rings (SSSR count). The normalized spacial score (nSPS) is 12.2. The zero-order valence-electron chi connectivity index (χ0n) is 15.2. The molecular formula is C21H30Si. The van der Waals surface area contributed by atoms with E-state index < -0.39 is 8.07 Å².